The molecule has 0 saturated heterocycles. The van der Waals surface area contributed by atoms with Crippen LogP contribution in [0.25, 0.3) is 0 Å². The van der Waals surface area contributed by atoms with Crippen LogP contribution in [0, 0.1) is 0 Å². The van der Waals surface area contributed by atoms with Gasteiger partial charge in [0.25, 0.3) is 0 Å². The normalized spacial score (nSPS) is 12.7. The molecule has 0 fully saturated rings. The number of benzene rings is 1. The first kappa shape index (κ1) is 17.3. The molecule has 10 heteroatoms. The molecule has 114 valence electrons. The third kappa shape index (κ3) is 8.45. The average Bonchev–Trinajstić information content (AvgIpc) is 2.25. The summed E-state index contributed by atoms with van der Waals surface area (Å²) in [5.41, 5.74) is 0. The van der Waals surface area contributed by atoms with E-state index in [9.17, 15) is 9.13 Å². The van der Waals surface area contributed by atoms with Crippen LogP contribution >= 0.6 is 15.2 Å². The summed E-state index contributed by atoms with van der Waals surface area (Å²) in [4.78, 5) is 36.5. The highest BCUT2D eigenvalue weighted by atomic mass is 31.2. The Morgan fingerprint density at radius 2 is 1.45 bits per heavy atom. The molecule has 0 atom stereocenters. The Hall–Kier alpha value is -0.720. The second-order valence-electron chi connectivity index (χ2n) is 4.17. The van der Waals surface area contributed by atoms with Gasteiger partial charge in [0.2, 0.25) is 0 Å². The van der Waals surface area contributed by atoms with Gasteiger partial charge in [0.15, 0.2) is 0 Å². The Balaban J connectivity index is 2.52. The molecule has 0 aliphatic rings. The predicted octanol–water partition coefficient (Wildman–Crippen LogP) is 0.638. The fourth-order valence-corrected chi connectivity index (χ4v) is 3.20. The lowest BCUT2D eigenvalue weighted by Crippen LogP contribution is -2.30. The molecule has 4 N–H and O–H groups in total. The second-order valence-corrected chi connectivity index (χ2v) is 7.39. The zero-order valence-corrected chi connectivity index (χ0v) is 12.4. The van der Waals surface area contributed by atoms with E-state index in [4.69, 9.17) is 24.3 Å². The van der Waals surface area contributed by atoms with E-state index in [1.165, 1.54) is 0 Å². The zero-order chi connectivity index (χ0) is 15.2. The molecule has 0 aromatic heterocycles. The van der Waals surface area contributed by atoms with Gasteiger partial charge in [-0.25, -0.2) is 0 Å². The van der Waals surface area contributed by atoms with E-state index in [-0.39, 0.29) is 13.2 Å². The smallest absolute Gasteiger partial charge is 0.339 e. The molecular weight excluding hydrogens is 308 g/mol. The van der Waals surface area contributed by atoms with Gasteiger partial charge in [0.1, 0.15) is 24.9 Å². The molecule has 0 heterocycles. The van der Waals surface area contributed by atoms with Crippen molar-refractivity contribution in [2.75, 3.05) is 25.7 Å². The number of rotatable bonds is 8. The van der Waals surface area contributed by atoms with Crippen molar-refractivity contribution >= 4 is 15.2 Å². The monoisotopic (exact) mass is 325 g/mol. The van der Waals surface area contributed by atoms with E-state index in [2.05, 4.69) is 0 Å². The third-order valence-electron chi connectivity index (χ3n) is 2.19. The maximum atomic E-state index is 10.9. The summed E-state index contributed by atoms with van der Waals surface area (Å²) < 4.78 is 27.2. The largest absolute Gasteiger partial charge is 0.492 e. The van der Waals surface area contributed by atoms with Crippen LogP contribution in [0.3, 0.4) is 0 Å². The summed E-state index contributed by atoms with van der Waals surface area (Å²) in [6.07, 6.45) is -1.45. The Labute approximate surface area is 116 Å². The van der Waals surface area contributed by atoms with E-state index < -0.39 is 27.8 Å². The van der Waals surface area contributed by atoms with Crippen LogP contribution in [-0.4, -0.2) is 50.2 Å². The summed E-state index contributed by atoms with van der Waals surface area (Å²) in [5, 5.41) is 0. The SMILES string of the molecule is O=P(O)(O)CN(CCOc1ccccc1)CP(=O)(O)O. The van der Waals surface area contributed by atoms with Crippen molar-refractivity contribution in [2.45, 2.75) is 0 Å². The van der Waals surface area contributed by atoms with Crippen LogP contribution in [0.5, 0.6) is 5.75 Å². The first-order chi connectivity index (χ1) is 9.16. The van der Waals surface area contributed by atoms with Gasteiger partial charge in [-0.3, -0.25) is 14.0 Å². The van der Waals surface area contributed by atoms with Crippen molar-refractivity contribution in [1.82, 2.24) is 4.90 Å². The molecule has 0 spiro atoms. The van der Waals surface area contributed by atoms with E-state index in [1.807, 2.05) is 0 Å². The number of ether oxygens (including phenoxy) is 1. The molecule has 0 radical (unpaired) electrons. The van der Waals surface area contributed by atoms with Crippen LogP contribution in [0.4, 0.5) is 0 Å². The Bertz CT molecular complexity index is 474. The van der Waals surface area contributed by atoms with Gasteiger partial charge in [-0.05, 0) is 12.1 Å². The highest BCUT2D eigenvalue weighted by Crippen LogP contribution is 2.40. The molecule has 1 aromatic rings. The minimum atomic E-state index is -4.39. The van der Waals surface area contributed by atoms with E-state index >= 15 is 0 Å². The molecule has 1 aromatic carbocycles. The van der Waals surface area contributed by atoms with E-state index in [0.29, 0.717) is 5.75 Å². The van der Waals surface area contributed by atoms with Crippen molar-refractivity contribution in [2.24, 2.45) is 0 Å². The van der Waals surface area contributed by atoms with E-state index in [0.717, 1.165) is 4.90 Å². The maximum Gasteiger partial charge on any atom is 0.339 e. The topological polar surface area (TPSA) is 128 Å². The molecule has 0 aliphatic carbocycles. The predicted molar refractivity (Wildman–Crippen MR) is 72.5 cm³/mol. The van der Waals surface area contributed by atoms with Crippen LogP contribution in [0.1, 0.15) is 0 Å². The highest BCUT2D eigenvalue weighted by Gasteiger charge is 2.25. The Morgan fingerprint density at radius 1 is 0.950 bits per heavy atom. The van der Waals surface area contributed by atoms with E-state index in [1.54, 1.807) is 30.3 Å². The molecule has 1 rings (SSSR count). The summed E-state index contributed by atoms with van der Waals surface area (Å²) >= 11 is 0. The first-order valence-corrected chi connectivity index (χ1v) is 9.24. The van der Waals surface area contributed by atoms with Crippen molar-refractivity contribution in [3.8, 4) is 5.75 Å². The maximum absolute atomic E-state index is 10.9. The van der Waals surface area contributed by atoms with Crippen LogP contribution < -0.4 is 4.74 Å². The summed E-state index contributed by atoms with van der Waals surface area (Å²) in [5.74, 6) is 0.569. The van der Waals surface area contributed by atoms with Crippen molar-refractivity contribution < 1.29 is 33.4 Å². The van der Waals surface area contributed by atoms with Gasteiger partial charge in [0.05, 0.1) is 0 Å². The number of hydrogen-bond donors (Lipinski definition) is 4. The lowest BCUT2D eigenvalue weighted by atomic mass is 10.3. The van der Waals surface area contributed by atoms with Crippen LogP contribution in [0.15, 0.2) is 30.3 Å². The minimum absolute atomic E-state index is 0.00882. The molecular formula is C10H17NO7P2. The second kappa shape index (κ2) is 7.33. The molecule has 0 bridgehead atoms. The summed E-state index contributed by atoms with van der Waals surface area (Å²) in [7, 11) is -8.79. The molecule has 0 amide bonds. The van der Waals surface area contributed by atoms with Crippen LogP contribution in [-0.2, 0) is 9.13 Å². The number of hydrogen-bond acceptors (Lipinski definition) is 4. The Morgan fingerprint density at radius 3 is 1.90 bits per heavy atom. The third-order valence-corrected chi connectivity index (χ3v) is 3.72. The minimum Gasteiger partial charge on any atom is -0.492 e. The van der Waals surface area contributed by atoms with Crippen molar-refractivity contribution in [3.05, 3.63) is 30.3 Å². The average molecular weight is 325 g/mol. The fraction of sp³-hybridized carbons (Fsp3) is 0.400. The highest BCUT2D eigenvalue weighted by molar-refractivity contribution is 7.52. The first-order valence-electron chi connectivity index (χ1n) is 5.65. The van der Waals surface area contributed by atoms with Gasteiger partial charge in [-0.1, -0.05) is 18.2 Å². The van der Waals surface area contributed by atoms with Crippen molar-refractivity contribution in [3.63, 3.8) is 0 Å². The number of para-hydroxylation sites is 1. The molecule has 0 aliphatic heterocycles. The summed E-state index contributed by atoms with van der Waals surface area (Å²) in [6, 6.07) is 8.74. The van der Waals surface area contributed by atoms with Gasteiger partial charge >= 0.3 is 15.2 Å². The lowest BCUT2D eigenvalue weighted by Gasteiger charge is -2.22. The molecule has 0 unspecified atom stereocenters. The zero-order valence-electron chi connectivity index (χ0n) is 10.6. The fourth-order valence-electron chi connectivity index (χ4n) is 1.52. The standard InChI is InChI=1S/C10H17NO7P2/c12-19(13,14)8-11(9-20(15,16)17)6-7-18-10-4-2-1-3-5-10/h1-5H,6-9H2,(H2,12,13,14)(H2,15,16,17). The quantitative estimate of drug-likeness (QED) is 0.513. The molecule has 20 heavy (non-hydrogen) atoms. The van der Waals surface area contributed by atoms with Gasteiger partial charge in [-0.2, -0.15) is 0 Å². The lowest BCUT2D eigenvalue weighted by molar-refractivity contribution is 0.224. The summed E-state index contributed by atoms with van der Waals surface area (Å²) in [6.45, 7) is 0.0507. The van der Waals surface area contributed by atoms with Crippen LogP contribution in [0.2, 0.25) is 0 Å². The van der Waals surface area contributed by atoms with Gasteiger partial charge in [0, 0.05) is 6.54 Å². The number of nitrogens with zero attached hydrogens (tertiary/aromatic N) is 1. The molecule has 8 nitrogen and oxygen atoms in total. The van der Waals surface area contributed by atoms with Crippen molar-refractivity contribution in [1.29, 1.82) is 0 Å². The van der Waals surface area contributed by atoms with Gasteiger partial charge in [-0.15, -0.1) is 0 Å². The molecule has 0 saturated carbocycles. The Kier molecular flexibility index (Phi) is 6.36. The van der Waals surface area contributed by atoms with Gasteiger partial charge < -0.3 is 24.3 Å².